The van der Waals surface area contributed by atoms with Gasteiger partial charge in [-0.25, -0.2) is 0 Å². The number of hydrogen-bond acceptors (Lipinski definition) is 3. The van der Waals surface area contributed by atoms with E-state index in [1.165, 1.54) is 0 Å². The zero-order valence-corrected chi connectivity index (χ0v) is 16.9. The van der Waals surface area contributed by atoms with Crippen LogP contribution >= 0.6 is 0 Å². The summed E-state index contributed by atoms with van der Waals surface area (Å²) in [7, 11) is 0. The Balaban J connectivity index is 2.17. The van der Waals surface area contributed by atoms with Crippen LogP contribution in [0.2, 0.25) is 0 Å². The SMILES string of the molecule is CC(C)CCN1Cc2cc(NC(=O)CC(C)(C)C)ccc2OC(C)C1=O. The molecule has 0 spiro atoms. The lowest BCUT2D eigenvalue weighted by atomic mass is 9.92. The van der Waals surface area contributed by atoms with Crippen LogP contribution in [-0.2, 0) is 16.1 Å². The summed E-state index contributed by atoms with van der Waals surface area (Å²) in [5.41, 5.74) is 1.61. The summed E-state index contributed by atoms with van der Waals surface area (Å²) in [5.74, 6) is 1.25. The second kappa shape index (κ2) is 8.11. The Morgan fingerprint density at radius 3 is 2.65 bits per heavy atom. The Hall–Kier alpha value is -2.04. The monoisotopic (exact) mass is 360 g/mol. The average Bonchev–Trinajstić information content (AvgIpc) is 2.61. The van der Waals surface area contributed by atoms with Gasteiger partial charge in [-0.2, -0.15) is 0 Å². The van der Waals surface area contributed by atoms with Crippen molar-refractivity contribution in [2.75, 3.05) is 11.9 Å². The number of amides is 2. The van der Waals surface area contributed by atoms with E-state index in [-0.39, 0.29) is 17.2 Å². The maximum Gasteiger partial charge on any atom is 0.263 e. The average molecular weight is 360 g/mol. The van der Waals surface area contributed by atoms with E-state index in [0.717, 1.165) is 17.7 Å². The van der Waals surface area contributed by atoms with Crippen molar-refractivity contribution in [1.29, 1.82) is 0 Å². The number of rotatable bonds is 5. The highest BCUT2D eigenvalue weighted by Gasteiger charge is 2.28. The lowest BCUT2D eigenvalue weighted by Gasteiger charge is -2.23. The first-order valence-corrected chi connectivity index (χ1v) is 9.43. The number of carbonyl (C=O) groups is 2. The van der Waals surface area contributed by atoms with Crippen molar-refractivity contribution < 1.29 is 14.3 Å². The molecule has 2 amide bonds. The molecule has 1 aliphatic heterocycles. The molecular weight excluding hydrogens is 328 g/mol. The third-order valence-electron chi connectivity index (χ3n) is 4.34. The highest BCUT2D eigenvalue weighted by Crippen LogP contribution is 2.29. The maximum absolute atomic E-state index is 12.6. The fourth-order valence-corrected chi connectivity index (χ4v) is 2.97. The first kappa shape index (κ1) is 20.3. The summed E-state index contributed by atoms with van der Waals surface area (Å²) >= 11 is 0. The molecule has 144 valence electrons. The van der Waals surface area contributed by atoms with Gasteiger partial charge in [0.2, 0.25) is 5.91 Å². The number of anilines is 1. The Morgan fingerprint density at radius 2 is 2.04 bits per heavy atom. The number of benzene rings is 1. The molecule has 1 atom stereocenters. The lowest BCUT2D eigenvalue weighted by molar-refractivity contribution is -0.137. The molecule has 0 saturated carbocycles. The van der Waals surface area contributed by atoms with Gasteiger partial charge in [0.25, 0.3) is 5.91 Å². The van der Waals surface area contributed by atoms with E-state index < -0.39 is 6.10 Å². The summed E-state index contributed by atoms with van der Waals surface area (Å²) in [5, 5.41) is 2.96. The van der Waals surface area contributed by atoms with Crippen molar-refractivity contribution in [3.05, 3.63) is 23.8 Å². The zero-order chi connectivity index (χ0) is 19.5. The lowest BCUT2D eigenvalue weighted by Crippen LogP contribution is -2.38. The van der Waals surface area contributed by atoms with Gasteiger partial charge in [-0.05, 0) is 42.9 Å². The second-order valence-electron chi connectivity index (χ2n) is 8.81. The minimum absolute atomic E-state index is 0.00639. The molecule has 0 bridgehead atoms. The van der Waals surface area contributed by atoms with Crippen LogP contribution in [0.5, 0.6) is 5.75 Å². The van der Waals surface area contributed by atoms with Crippen molar-refractivity contribution in [2.24, 2.45) is 11.3 Å². The first-order valence-electron chi connectivity index (χ1n) is 9.43. The fraction of sp³-hybridized carbons (Fsp3) is 0.619. The van der Waals surface area contributed by atoms with Crippen LogP contribution in [-0.4, -0.2) is 29.4 Å². The fourth-order valence-electron chi connectivity index (χ4n) is 2.97. The van der Waals surface area contributed by atoms with Gasteiger partial charge < -0.3 is 15.0 Å². The van der Waals surface area contributed by atoms with E-state index in [2.05, 4.69) is 19.2 Å². The molecule has 0 saturated heterocycles. The predicted molar refractivity (Wildman–Crippen MR) is 104 cm³/mol. The number of nitrogens with one attached hydrogen (secondary N) is 1. The van der Waals surface area contributed by atoms with Crippen LogP contribution in [0.25, 0.3) is 0 Å². The number of fused-ring (bicyclic) bond motifs is 1. The van der Waals surface area contributed by atoms with Crippen molar-refractivity contribution >= 4 is 17.5 Å². The molecule has 1 N–H and O–H groups in total. The Bertz CT molecular complexity index is 662. The first-order chi connectivity index (χ1) is 12.0. The molecule has 1 aromatic rings. The Kier molecular flexibility index (Phi) is 6.32. The van der Waals surface area contributed by atoms with Crippen molar-refractivity contribution in [3.63, 3.8) is 0 Å². The van der Waals surface area contributed by atoms with E-state index in [0.29, 0.717) is 31.2 Å². The van der Waals surface area contributed by atoms with Crippen LogP contribution in [0, 0.1) is 11.3 Å². The summed E-state index contributed by atoms with van der Waals surface area (Å²) in [4.78, 5) is 26.6. The molecule has 0 radical (unpaired) electrons. The van der Waals surface area contributed by atoms with Crippen LogP contribution in [0.1, 0.15) is 59.9 Å². The number of carbonyl (C=O) groups excluding carboxylic acids is 2. The van der Waals surface area contributed by atoms with Gasteiger partial charge in [-0.3, -0.25) is 9.59 Å². The quantitative estimate of drug-likeness (QED) is 0.855. The van der Waals surface area contributed by atoms with E-state index in [1.807, 2.05) is 43.9 Å². The zero-order valence-electron chi connectivity index (χ0n) is 16.9. The van der Waals surface area contributed by atoms with Crippen LogP contribution in [0.4, 0.5) is 5.69 Å². The molecule has 0 aromatic heterocycles. The summed E-state index contributed by atoms with van der Waals surface area (Å²) in [6.07, 6.45) is 0.914. The third-order valence-corrected chi connectivity index (χ3v) is 4.34. The van der Waals surface area contributed by atoms with Crippen molar-refractivity contribution in [3.8, 4) is 5.75 Å². The number of hydrogen-bond donors (Lipinski definition) is 1. The molecule has 0 aliphatic carbocycles. The van der Waals surface area contributed by atoms with Gasteiger partial charge in [0.05, 0.1) is 0 Å². The van der Waals surface area contributed by atoms with E-state index >= 15 is 0 Å². The summed E-state index contributed by atoms with van der Waals surface area (Å²) in [6.45, 7) is 13.4. The summed E-state index contributed by atoms with van der Waals surface area (Å²) in [6, 6.07) is 5.60. The number of ether oxygens (including phenoxy) is 1. The third kappa shape index (κ3) is 5.75. The smallest absolute Gasteiger partial charge is 0.263 e. The van der Waals surface area contributed by atoms with Gasteiger partial charge in [0.1, 0.15) is 5.75 Å². The van der Waals surface area contributed by atoms with Crippen molar-refractivity contribution in [2.45, 2.75) is 67.0 Å². The van der Waals surface area contributed by atoms with Gasteiger partial charge in [0.15, 0.2) is 6.10 Å². The molecule has 5 heteroatoms. The standard InChI is InChI=1S/C21H32N2O3/c1-14(2)9-10-23-13-16-11-17(22-19(24)12-21(4,5)6)7-8-18(16)26-15(3)20(23)25/h7-8,11,14-15H,9-10,12-13H2,1-6H3,(H,22,24). The molecule has 26 heavy (non-hydrogen) atoms. The van der Waals surface area contributed by atoms with E-state index in [4.69, 9.17) is 4.74 Å². The highest BCUT2D eigenvalue weighted by atomic mass is 16.5. The molecule has 1 heterocycles. The number of nitrogens with zero attached hydrogens (tertiary/aromatic N) is 1. The van der Waals surface area contributed by atoms with Gasteiger partial charge >= 0.3 is 0 Å². The maximum atomic E-state index is 12.6. The largest absolute Gasteiger partial charge is 0.481 e. The van der Waals surface area contributed by atoms with E-state index in [1.54, 1.807) is 6.92 Å². The highest BCUT2D eigenvalue weighted by molar-refractivity contribution is 5.91. The molecule has 1 unspecified atom stereocenters. The second-order valence-corrected chi connectivity index (χ2v) is 8.81. The van der Waals surface area contributed by atoms with Crippen molar-refractivity contribution in [1.82, 2.24) is 4.90 Å². The molecule has 5 nitrogen and oxygen atoms in total. The van der Waals surface area contributed by atoms with E-state index in [9.17, 15) is 9.59 Å². The molecule has 2 rings (SSSR count). The molecule has 1 aromatic carbocycles. The molecule has 0 fully saturated rings. The Labute approximate surface area is 157 Å². The summed E-state index contributed by atoms with van der Waals surface area (Å²) < 4.78 is 5.84. The van der Waals surface area contributed by atoms with Crippen LogP contribution in [0.15, 0.2) is 18.2 Å². The normalized spacial score (nSPS) is 17.6. The van der Waals surface area contributed by atoms with Crippen LogP contribution in [0.3, 0.4) is 0 Å². The topological polar surface area (TPSA) is 58.6 Å². The minimum atomic E-state index is -0.496. The Morgan fingerprint density at radius 1 is 1.35 bits per heavy atom. The van der Waals surface area contributed by atoms with Gasteiger partial charge in [-0.15, -0.1) is 0 Å². The molecular formula is C21H32N2O3. The van der Waals surface area contributed by atoms with Gasteiger partial charge in [0, 0.05) is 30.8 Å². The van der Waals surface area contributed by atoms with Gasteiger partial charge in [-0.1, -0.05) is 34.6 Å². The van der Waals surface area contributed by atoms with Crippen LogP contribution < -0.4 is 10.1 Å². The predicted octanol–water partition coefficient (Wildman–Crippen LogP) is 4.22. The molecule has 1 aliphatic rings. The minimum Gasteiger partial charge on any atom is -0.481 e.